The summed E-state index contributed by atoms with van der Waals surface area (Å²) in [7, 11) is 0. The number of Topliss-reactive ketones (excluding diaryl/α,β-unsaturated/α-hetero) is 1. The fourth-order valence-corrected chi connectivity index (χ4v) is 4.63. The van der Waals surface area contributed by atoms with Gasteiger partial charge in [0.25, 0.3) is 5.91 Å². The summed E-state index contributed by atoms with van der Waals surface area (Å²) >= 11 is 0. The lowest BCUT2D eigenvalue weighted by molar-refractivity contribution is -0.148. The molecule has 0 N–H and O–H groups in total. The van der Waals surface area contributed by atoms with E-state index in [1.54, 1.807) is 4.90 Å². The number of piperidine rings is 2. The summed E-state index contributed by atoms with van der Waals surface area (Å²) in [6.45, 7) is 3.38. The highest BCUT2D eigenvalue weighted by molar-refractivity contribution is 6.35. The Labute approximate surface area is 154 Å². The zero-order valence-electron chi connectivity index (χ0n) is 15.3. The molecule has 0 aromatic heterocycles. The van der Waals surface area contributed by atoms with Crippen molar-refractivity contribution in [2.24, 2.45) is 5.41 Å². The van der Waals surface area contributed by atoms with Gasteiger partial charge in [-0.25, -0.2) is 0 Å². The molecule has 0 bridgehead atoms. The number of ketones is 1. The summed E-state index contributed by atoms with van der Waals surface area (Å²) in [5.74, 6) is -0.570. The van der Waals surface area contributed by atoms with Crippen molar-refractivity contribution in [2.75, 3.05) is 19.6 Å². The molecule has 0 radical (unpaired) electrons. The molecule has 5 nitrogen and oxygen atoms in total. The van der Waals surface area contributed by atoms with E-state index in [4.69, 9.17) is 0 Å². The number of amides is 2. The molecule has 3 fully saturated rings. The van der Waals surface area contributed by atoms with Crippen LogP contribution in [0.1, 0.15) is 50.5 Å². The molecule has 1 unspecified atom stereocenters. The third-order valence-corrected chi connectivity index (χ3v) is 6.33. The SMILES string of the molecule is CC(=O)C(=O)N1CCC2(CC1)CC(c1ccccc1)C(=O)N(C1CC1)C2. The fourth-order valence-electron chi connectivity index (χ4n) is 4.63. The number of likely N-dealkylation sites (tertiary alicyclic amines) is 2. The van der Waals surface area contributed by atoms with Crippen LogP contribution in [0.3, 0.4) is 0 Å². The lowest BCUT2D eigenvalue weighted by atomic mass is 9.67. The van der Waals surface area contributed by atoms with Crippen molar-refractivity contribution in [1.82, 2.24) is 9.80 Å². The van der Waals surface area contributed by atoms with Crippen LogP contribution in [-0.4, -0.2) is 53.1 Å². The molecular formula is C21H26N2O3. The molecule has 26 heavy (non-hydrogen) atoms. The average molecular weight is 354 g/mol. The molecule has 2 saturated heterocycles. The van der Waals surface area contributed by atoms with Gasteiger partial charge in [0.1, 0.15) is 0 Å². The molecule has 1 spiro atoms. The van der Waals surface area contributed by atoms with Crippen molar-refractivity contribution in [3.63, 3.8) is 0 Å². The van der Waals surface area contributed by atoms with Gasteiger partial charge in [0.2, 0.25) is 11.7 Å². The summed E-state index contributed by atoms with van der Waals surface area (Å²) in [6, 6.07) is 10.5. The zero-order valence-corrected chi connectivity index (χ0v) is 15.3. The summed E-state index contributed by atoms with van der Waals surface area (Å²) in [5.41, 5.74) is 1.16. The molecule has 1 aromatic carbocycles. The maximum absolute atomic E-state index is 13.1. The van der Waals surface area contributed by atoms with Gasteiger partial charge in [-0.05, 0) is 43.1 Å². The van der Waals surface area contributed by atoms with Crippen molar-refractivity contribution < 1.29 is 14.4 Å². The van der Waals surface area contributed by atoms with Crippen LogP contribution in [0.2, 0.25) is 0 Å². The fraction of sp³-hybridized carbons (Fsp3) is 0.571. The minimum absolute atomic E-state index is 0.0601. The third kappa shape index (κ3) is 3.15. The molecule has 138 valence electrons. The van der Waals surface area contributed by atoms with E-state index >= 15 is 0 Å². The Kier molecular flexibility index (Phi) is 4.33. The number of rotatable bonds is 3. The van der Waals surface area contributed by atoms with E-state index in [1.807, 2.05) is 18.2 Å². The van der Waals surface area contributed by atoms with Gasteiger partial charge in [0.15, 0.2) is 0 Å². The van der Waals surface area contributed by atoms with Gasteiger partial charge in [-0.15, -0.1) is 0 Å². The minimum Gasteiger partial charge on any atom is -0.339 e. The van der Waals surface area contributed by atoms with E-state index in [1.165, 1.54) is 6.92 Å². The highest BCUT2D eigenvalue weighted by atomic mass is 16.2. The Morgan fingerprint density at radius 1 is 1.08 bits per heavy atom. The highest BCUT2D eigenvalue weighted by Crippen LogP contribution is 2.48. The molecule has 5 heteroatoms. The quantitative estimate of drug-likeness (QED) is 0.783. The molecule has 3 aliphatic rings. The Morgan fingerprint density at radius 3 is 2.31 bits per heavy atom. The number of nitrogens with zero attached hydrogens (tertiary/aromatic N) is 2. The Hall–Kier alpha value is -2.17. The van der Waals surface area contributed by atoms with Crippen molar-refractivity contribution in [3.05, 3.63) is 35.9 Å². The largest absolute Gasteiger partial charge is 0.339 e. The van der Waals surface area contributed by atoms with E-state index in [2.05, 4.69) is 17.0 Å². The normalized spacial score (nSPS) is 25.4. The van der Waals surface area contributed by atoms with Crippen LogP contribution in [0.5, 0.6) is 0 Å². The Morgan fingerprint density at radius 2 is 1.73 bits per heavy atom. The predicted molar refractivity (Wildman–Crippen MR) is 97.5 cm³/mol. The van der Waals surface area contributed by atoms with Crippen LogP contribution in [0.4, 0.5) is 0 Å². The van der Waals surface area contributed by atoms with Crippen LogP contribution in [0.25, 0.3) is 0 Å². The number of carbonyl (C=O) groups is 3. The maximum Gasteiger partial charge on any atom is 0.289 e. The highest BCUT2D eigenvalue weighted by Gasteiger charge is 2.49. The maximum atomic E-state index is 13.1. The lowest BCUT2D eigenvalue weighted by Crippen LogP contribution is -2.55. The minimum atomic E-state index is -0.387. The van der Waals surface area contributed by atoms with Crippen molar-refractivity contribution in [1.29, 1.82) is 0 Å². The van der Waals surface area contributed by atoms with Gasteiger partial charge >= 0.3 is 0 Å². The standard InChI is InChI=1S/C21H26N2O3/c1-15(24)19(25)22-11-9-21(10-12-22)13-18(16-5-3-2-4-6-16)20(26)23(14-21)17-7-8-17/h2-6,17-18H,7-14H2,1H3. The summed E-state index contributed by atoms with van der Waals surface area (Å²) in [6.07, 6.45) is 4.80. The van der Waals surface area contributed by atoms with Gasteiger partial charge < -0.3 is 9.80 Å². The number of benzene rings is 1. The van der Waals surface area contributed by atoms with E-state index in [0.717, 1.165) is 44.2 Å². The lowest BCUT2D eigenvalue weighted by Gasteiger charge is -2.50. The first kappa shape index (κ1) is 17.3. The molecular weight excluding hydrogens is 328 g/mol. The molecule has 2 aliphatic heterocycles. The molecule has 2 heterocycles. The molecule has 4 rings (SSSR count). The van der Waals surface area contributed by atoms with Crippen molar-refractivity contribution in [2.45, 2.75) is 51.0 Å². The predicted octanol–water partition coefficient (Wildman–Crippen LogP) is 2.36. The first-order valence-corrected chi connectivity index (χ1v) is 9.64. The molecule has 2 amide bonds. The molecule has 1 aliphatic carbocycles. The first-order chi connectivity index (χ1) is 12.5. The van der Waals surface area contributed by atoms with E-state index in [-0.39, 0.29) is 28.9 Å². The molecule has 1 atom stereocenters. The van der Waals surface area contributed by atoms with Crippen molar-refractivity contribution >= 4 is 17.6 Å². The summed E-state index contributed by atoms with van der Waals surface area (Å²) < 4.78 is 0. The van der Waals surface area contributed by atoms with Crippen LogP contribution < -0.4 is 0 Å². The zero-order chi connectivity index (χ0) is 18.3. The molecule has 1 saturated carbocycles. The second kappa shape index (κ2) is 6.53. The van der Waals surface area contributed by atoms with Crippen LogP contribution in [0, 0.1) is 5.41 Å². The smallest absolute Gasteiger partial charge is 0.289 e. The van der Waals surface area contributed by atoms with Crippen molar-refractivity contribution in [3.8, 4) is 0 Å². The van der Waals surface area contributed by atoms with Gasteiger partial charge in [-0.3, -0.25) is 14.4 Å². The second-order valence-corrected chi connectivity index (χ2v) is 8.21. The van der Waals surface area contributed by atoms with Gasteiger partial charge in [0.05, 0.1) is 5.92 Å². The third-order valence-electron chi connectivity index (χ3n) is 6.33. The van der Waals surface area contributed by atoms with Gasteiger partial charge in [-0.2, -0.15) is 0 Å². The Balaban J connectivity index is 1.56. The topological polar surface area (TPSA) is 57.7 Å². The van der Waals surface area contributed by atoms with Gasteiger partial charge in [0, 0.05) is 32.6 Å². The number of hydrogen-bond donors (Lipinski definition) is 0. The van der Waals surface area contributed by atoms with Crippen LogP contribution in [-0.2, 0) is 14.4 Å². The second-order valence-electron chi connectivity index (χ2n) is 8.21. The monoisotopic (exact) mass is 354 g/mol. The van der Waals surface area contributed by atoms with Gasteiger partial charge in [-0.1, -0.05) is 30.3 Å². The number of carbonyl (C=O) groups excluding carboxylic acids is 3. The van der Waals surface area contributed by atoms with E-state index in [9.17, 15) is 14.4 Å². The van der Waals surface area contributed by atoms with Crippen LogP contribution >= 0.6 is 0 Å². The van der Waals surface area contributed by atoms with E-state index in [0.29, 0.717) is 19.1 Å². The Bertz CT molecular complexity index is 718. The summed E-state index contributed by atoms with van der Waals surface area (Å²) in [5, 5.41) is 0. The molecule has 1 aromatic rings. The van der Waals surface area contributed by atoms with E-state index < -0.39 is 0 Å². The summed E-state index contributed by atoms with van der Waals surface area (Å²) in [4.78, 5) is 40.3. The first-order valence-electron chi connectivity index (χ1n) is 9.64. The number of hydrogen-bond acceptors (Lipinski definition) is 3. The average Bonchev–Trinajstić information content (AvgIpc) is 3.49. The van der Waals surface area contributed by atoms with Crippen LogP contribution in [0.15, 0.2) is 30.3 Å².